The maximum atomic E-state index is 12.9. The lowest BCUT2D eigenvalue weighted by Gasteiger charge is -2.46. The summed E-state index contributed by atoms with van der Waals surface area (Å²) in [7, 11) is 0. The number of aromatic nitrogens is 2. The van der Waals surface area contributed by atoms with Crippen LogP contribution in [0.3, 0.4) is 0 Å². The lowest BCUT2D eigenvalue weighted by atomic mass is 9.65. The van der Waals surface area contributed by atoms with Gasteiger partial charge < -0.3 is 9.47 Å². The number of benzene rings is 2. The Morgan fingerprint density at radius 2 is 1.90 bits per heavy atom. The van der Waals surface area contributed by atoms with Crippen LogP contribution in [0.25, 0.3) is 11.0 Å². The Labute approximate surface area is 181 Å². The molecule has 2 heterocycles. The summed E-state index contributed by atoms with van der Waals surface area (Å²) < 4.78 is 2.17. The van der Waals surface area contributed by atoms with E-state index in [1.807, 2.05) is 54.3 Å². The number of nitrogens with zero attached hydrogens (tertiary/aromatic N) is 3. The maximum absolute atomic E-state index is 12.9. The van der Waals surface area contributed by atoms with Crippen LogP contribution in [0.2, 0.25) is 0 Å². The number of fused-ring (bicyclic) bond motifs is 1. The van der Waals surface area contributed by atoms with Crippen LogP contribution in [0, 0.1) is 12.3 Å². The summed E-state index contributed by atoms with van der Waals surface area (Å²) in [6.45, 7) is 7.19. The molecule has 1 aliphatic heterocycles. The molecule has 1 aromatic heterocycles. The third kappa shape index (κ3) is 3.42. The van der Waals surface area contributed by atoms with Crippen molar-refractivity contribution in [3.8, 4) is 0 Å². The summed E-state index contributed by atoms with van der Waals surface area (Å²) in [5.41, 5.74) is 3.79. The lowest BCUT2D eigenvalue weighted by molar-refractivity contribution is -0.125. The highest BCUT2D eigenvalue weighted by molar-refractivity contribution is 6.04. The second-order valence-electron chi connectivity index (χ2n) is 8.89. The van der Waals surface area contributed by atoms with Crippen molar-refractivity contribution in [1.82, 2.24) is 14.5 Å². The van der Waals surface area contributed by atoms with Gasteiger partial charge in [-0.15, -0.1) is 0 Å². The smallest absolute Gasteiger partial charge is 0.257 e. The fourth-order valence-corrected chi connectivity index (χ4v) is 5.09. The first-order chi connectivity index (χ1) is 15.0. The summed E-state index contributed by atoms with van der Waals surface area (Å²) >= 11 is 0. The largest absolute Gasteiger partial charge is 0.339 e. The standard InChI is InChI=1S/C25H26N4O2/c1-3-22(30)28-13-12-25(16-28)14-19(15-25)29-21-7-5-4-6-20(21)26-24(29)27-23(31)18-10-8-17(2)9-11-18/h3-11,19H,1,12-16H2,2H3,(H,26,27,31). The van der Waals surface area contributed by atoms with E-state index in [0.29, 0.717) is 11.5 Å². The van der Waals surface area contributed by atoms with Crippen molar-refractivity contribution < 1.29 is 9.59 Å². The SMILES string of the molecule is C=CC(=O)N1CCC2(CC(n3c(NC(=O)c4ccc(C)cc4)nc4ccccc43)C2)C1. The molecule has 1 aliphatic carbocycles. The van der Waals surface area contributed by atoms with Crippen LogP contribution >= 0.6 is 0 Å². The van der Waals surface area contributed by atoms with Gasteiger partial charge in [-0.05, 0) is 61.9 Å². The van der Waals surface area contributed by atoms with Gasteiger partial charge in [0, 0.05) is 24.7 Å². The minimum atomic E-state index is -0.158. The van der Waals surface area contributed by atoms with Crippen molar-refractivity contribution in [3.05, 3.63) is 72.3 Å². The van der Waals surface area contributed by atoms with Crippen molar-refractivity contribution in [1.29, 1.82) is 0 Å². The molecule has 0 radical (unpaired) electrons. The van der Waals surface area contributed by atoms with E-state index in [4.69, 9.17) is 4.98 Å². The molecule has 2 aromatic carbocycles. The van der Waals surface area contributed by atoms with E-state index in [-0.39, 0.29) is 23.3 Å². The second kappa shape index (κ2) is 7.38. The Bertz CT molecular complexity index is 1170. The molecule has 5 rings (SSSR count). The number of imidazole rings is 1. The summed E-state index contributed by atoms with van der Waals surface area (Å²) in [5, 5.41) is 3.04. The van der Waals surface area contributed by atoms with Crippen LogP contribution in [0.15, 0.2) is 61.2 Å². The van der Waals surface area contributed by atoms with Crippen LogP contribution in [-0.2, 0) is 4.79 Å². The molecule has 0 atom stereocenters. The molecule has 1 saturated carbocycles. The Kier molecular flexibility index (Phi) is 4.65. The van der Waals surface area contributed by atoms with Crippen LogP contribution in [-0.4, -0.2) is 39.4 Å². The van der Waals surface area contributed by atoms with E-state index in [0.717, 1.165) is 48.9 Å². The number of hydrogen-bond donors (Lipinski definition) is 1. The fraction of sp³-hybridized carbons (Fsp3) is 0.320. The number of para-hydroxylation sites is 2. The number of likely N-dealkylation sites (tertiary alicyclic amines) is 1. The van der Waals surface area contributed by atoms with Gasteiger partial charge in [0.2, 0.25) is 11.9 Å². The first-order valence-electron chi connectivity index (χ1n) is 10.7. The molecule has 2 fully saturated rings. The van der Waals surface area contributed by atoms with Gasteiger partial charge in [-0.2, -0.15) is 0 Å². The van der Waals surface area contributed by atoms with Gasteiger partial charge in [0.1, 0.15) is 0 Å². The summed E-state index contributed by atoms with van der Waals surface area (Å²) in [6.07, 6.45) is 4.36. The fourth-order valence-electron chi connectivity index (χ4n) is 5.09. The quantitative estimate of drug-likeness (QED) is 0.646. The van der Waals surface area contributed by atoms with Crippen molar-refractivity contribution in [3.63, 3.8) is 0 Å². The molecule has 1 saturated heterocycles. The molecule has 6 nitrogen and oxygen atoms in total. The van der Waals surface area contributed by atoms with Crippen molar-refractivity contribution in [2.75, 3.05) is 18.4 Å². The lowest BCUT2D eigenvalue weighted by Crippen LogP contribution is -2.42. The molecular formula is C25H26N4O2. The maximum Gasteiger partial charge on any atom is 0.257 e. The van der Waals surface area contributed by atoms with Crippen LogP contribution < -0.4 is 5.32 Å². The van der Waals surface area contributed by atoms with Gasteiger partial charge in [0.05, 0.1) is 11.0 Å². The molecule has 1 N–H and O–H groups in total. The Hall–Kier alpha value is -3.41. The normalized spacial score (nSPS) is 22.5. The molecule has 2 aliphatic rings. The van der Waals surface area contributed by atoms with Crippen LogP contribution in [0.5, 0.6) is 0 Å². The number of nitrogens with one attached hydrogen (secondary N) is 1. The van der Waals surface area contributed by atoms with Gasteiger partial charge >= 0.3 is 0 Å². The van der Waals surface area contributed by atoms with Gasteiger partial charge in [-0.1, -0.05) is 36.4 Å². The highest BCUT2D eigenvalue weighted by atomic mass is 16.2. The van der Waals surface area contributed by atoms with Gasteiger partial charge in [-0.25, -0.2) is 4.98 Å². The third-order valence-corrected chi connectivity index (χ3v) is 6.76. The van der Waals surface area contributed by atoms with Gasteiger partial charge in [0.25, 0.3) is 5.91 Å². The average molecular weight is 415 g/mol. The number of carbonyl (C=O) groups excluding carboxylic acids is 2. The van der Waals surface area contributed by atoms with E-state index in [9.17, 15) is 9.59 Å². The van der Waals surface area contributed by atoms with Gasteiger partial charge in [-0.3, -0.25) is 14.9 Å². The first-order valence-corrected chi connectivity index (χ1v) is 10.7. The molecule has 31 heavy (non-hydrogen) atoms. The van der Waals surface area contributed by atoms with Crippen molar-refractivity contribution >= 4 is 28.8 Å². The minimum absolute atomic E-state index is 0.0134. The van der Waals surface area contributed by atoms with Gasteiger partial charge in [0.15, 0.2) is 0 Å². The van der Waals surface area contributed by atoms with E-state index in [1.54, 1.807) is 0 Å². The molecule has 2 amide bonds. The zero-order chi connectivity index (χ0) is 21.6. The zero-order valence-electron chi connectivity index (χ0n) is 17.7. The van der Waals surface area contributed by atoms with Crippen LogP contribution in [0.4, 0.5) is 5.95 Å². The molecule has 3 aromatic rings. The average Bonchev–Trinajstić information content (AvgIpc) is 3.34. The van der Waals surface area contributed by atoms with E-state index < -0.39 is 0 Å². The molecule has 158 valence electrons. The molecule has 0 bridgehead atoms. The summed E-state index contributed by atoms with van der Waals surface area (Å²) in [4.78, 5) is 31.5. The highest BCUT2D eigenvalue weighted by Gasteiger charge is 2.50. The van der Waals surface area contributed by atoms with Crippen molar-refractivity contribution in [2.24, 2.45) is 5.41 Å². The number of aryl methyl sites for hydroxylation is 1. The second-order valence-corrected chi connectivity index (χ2v) is 8.89. The van der Waals surface area contributed by atoms with E-state index >= 15 is 0 Å². The number of amides is 2. The van der Waals surface area contributed by atoms with E-state index in [1.165, 1.54) is 6.08 Å². The first kappa shape index (κ1) is 19.5. The Balaban J connectivity index is 1.40. The minimum Gasteiger partial charge on any atom is -0.339 e. The zero-order valence-corrected chi connectivity index (χ0v) is 17.7. The predicted molar refractivity (Wildman–Crippen MR) is 121 cm³/mol. The van der Waals surface area contributed by atoms with E-state index in [2.05, 4.69) is 22.5 Å². The summed E-state index contributed by atoms with van der Waals surface area (Å²) in [5.74, 6) is 0.442. The number of hydrogen-bond acceptors (Lipinski definition) is 3. The van der Waals surface area contributed by atoms with Crippen molar-refractivity contribution in [2.45, 2.75) is 32.2 Å². The molecule has 1 spiro atoms. The molecule has 0 unspecified atom stereocenters. The highest BCUT2D eigenvalue weighted by Crippen LogP contribution is 2.55. The molecule has 6 heteroatoms. The Morgan fingerprint density at radius 3 is 2.65 bits per heavy atom. The monoisotopic (exact) mass is 414 g/mol. The Morgan fingerprint density at radius 1 is 1.16 bits per heavy atom. The predicted octanol–water partition coefficient (Wildman–Crippen LogP) is 4.34. The topological polar surface area (TPSA) is 67.2 Å². The third-order valence-electron chi connectivity index (χ3n) is 6.76. The summed E-state index contributed by atoms with van der Waals surface area (Å²) in [6, 6.07) is 15.8. The number of carbonyl (C=O) groups is 2. The number of anilines is 1. The molecular weight excluding hydrogens is 388 g/mol. The van der Waals surface area contributed by atoms with Crippen LogP contribution in [0.1, 0.15) is 41.2 Å². The number of rotatable bonds is 4.